The Morgan fingerprint density at radius 3 is 2.40 bits per heavy atom. The van der Waals surface area contributed by atoms with Crippen LogP contribution in [0.4, 0.5) is 5.69 Å². The zero-order valence-corrected chi connectivity index (χ0v) is 10.1. The number of anilines is 1. The Bertz CT molecular complexity index is 278. The Kier molecular flexibility index (Phi) is 5.16. The highest BCUT2D eigenvalue weighted by Gasteiger charge is 2.06. The van der Waals surface area contributed by atoms with Gasteiger partial charge in [-0.3, -0.25) is 4.98 Å². The standard InChI is InChI=1S/C13H22N2/c1-4-6-12(7-5-2)15-13-8-11(3)9-14-10-13/h8-10,12,15H,4-7H2,1-3H3. The molecule has 0 aliphatic heterocycles. The Hall–Kier alpha value is -1.05. The molecule has 1 aromatic heterocycles. The molecule has 84 valence electrons. The second-order valence-electron chi connectivity index (χ2n) is 4.17. The second kappa shape index (κ2) is 6.44. The molecule has 0 spiro atoms. The van der Waals surface area contributed by atoms with Crippen LogP contribution in [-0.2, 0) is 0 Å². The summed E-state index contributed by atoms with van der Waals surface area (Å²) in [6.07, 6.45) is 8.74. The number of hydrogen-bond acceptors (Lipinski definition) is 2. The lowest BCUT2D eigenvalue weighted by Gasteiger charge is -2.18. The van der Waals surface area contributed by atoms with Crippen molar-refractivity contribution >= 4 is 5.69 Å². The molecule has 0 unspecified atom stereocenters. The molecule has 2 nitrogen and oxygen atoms in total. The maximum absolute atomic E-state index is 4.20. The fraction of sp³-hybridized carbons (Fsp3) is 0.615. The molecule has 0 radical (unpaired) electrons. The van der Waals surface area contributed by atoms with E-state index >= 15 is 0 Å². The Morgan fingerprint density at radius 2 is 1.87 bits per heavy atom. The number of aryl methyl sites for hydroxylation is 1. The highest BCUT2D eigenvalue weighted by molar-refractivity contribution is 5.43. The van der Waals surface area contributed by atoms with Crippen LogP contribution in [0, 0.1) is 6.92 Å². The van der Waals surface area contributed by atoms with Crippen LogP contribution in [0.25, 0.3) is 0 Å². The van der Waals surface area contributed by atoms with E-state index in [1.807, 2.05) is 12.4 Å². The topological polar surface area (TPSA) is 24.9 Å². The predicted octanol–water partition coefficient (Wildman–Crippen LogP) is 3.77. The molecule has 1 rings (SSSR count). The molecule has 0 aliphatic carbocycles. The van der Waals surface area contributed by atoms with Crippen LogP contribution in [0.1, 0.15) is 45.1 Å². The summed E-state index contributed by atoms with van der Waals surface area (Å²) in [4.78, 5) is 4.20. The van der Waals surface area contributed by atoms with Crippen LogP contribution < -0.4 is 5.32 Å². The third-order valence-electron chi connectivity index (χ3n) is 2.52. The monoisotopic (exact) mass is 206 g/mol. The molecule has 15 heavy (non-hydrogen) atoms. The zero-order chi connectivity index (χ0) is 11.1. The van der Waals surface area contributed by atoms with E-state index in [-0.39, 0.29) is 0 Å². The Balaban J connectivity index is 2.56. The van der Waals surface area contributed by atoms with E-state index in [1.165, 1.54) is 31.2 Å². The Morgan fingerprint density at radius 1 is 1.20 bits per heavy atom. The highest BCUT2D eigenvalue weighted by Crippen LogP contribution is 2.14. The predicted molar refractivity (Wildman–Crippen MR) is 66.2 cm³/mol. The molecular weight excluding hydrogens is 184 g/mol. The molecule has 0 bridgehead atoms. The first-order valence-corrected chi connectivity index (χ1v) is 5.94. The van der Waals surface area contributed by atoms with Crippen molar-refractivity contribution in [2.45, 2.75) is 52.5 Å². The molecule has 1 heterocycles. The fourth-order valence-corrected chi connectivity index (χ4v) is 1.86. The summed E-state index contributed by atoms with van der Waals surface area (Å²) >= 11 is 0. The molecule has 0 fully saturated rings. The minimum atomic E-state index is 0.601. The summed E-state index contributed by atoms with van der Waals surface area (Å²) in [5.74, 6) is 0. The molecule has 1 N–H and O–H groups in total. The van der Waals surface area contributed by atoms with Gasteiger partial charge in [0.1, 0.15) is 0 Å². The first kappa shape index (κ1) is 12.0. The third-order valence-corrected chi connectivity index (χ3v) is 2.52. The van der Waals surface area contributed by atoms with E-state index in [9.17, 15) is 0 Å². The van der Waals surface area contributed by atoms with Crippen molar-refractivity contribution in [1.29, 1.82) is 0 Å². The van der Waals surface area contributed by atoms with Gasteiger partial charge in [0.15, 0.2) is 0 Å². The SMILES string of the molecule is CCCC(CCC)Nc1cncc(C)c1. The molecule has 0 saturated heterocycles. The molecular formula is C13H22N2. The summed E-state index contributed by atoms with van der Waals surface area (Å²) < 4.78 is 0. The van der Waals surface area contributed by atoms with Crippen molar-refractivity contribution in [1.82, 2.24) is 4.98 Å². The van der Waals surface area contributed by atoms with Gasteiger partial charge in [-0.1, -0.05) is 26.7 Å². The third kappa shape index (κ3) is 4.32. The number of nitrogens with one attached hydrogen (secondary N) is 1. The number of nitrogens with zero attached hydrogens (tertiary/aromatic N) is 1. The van der Waals surface area contributed by atoms with Gasteiger partial charge in [0.25, 0.3) is 0 Å². The highest BCUT2D eigenvalue weighted by atomic mass is 14.9. The van der Waals surface area contributed by atoms with Gasteiger partial charge in [-0.05, 0) is 31.4 Å². The summed E-state index contributed by atoms with van der Waals surface area (Å²) in [7, 11) is 0. The quantitative estimate of drug-likeness (QED) is 0.766. The van der Waals surface area contributed by atoms with Crippen molar-refractivity contribution in [3.05, 3.63) is 24.0 Å². The van der Waals surface area contributed by atoms with Crippen molar-refractivity contribution in [3.8, 4) is 0 Å². The van der Waals surface area contributed by atoms with Gasteiger partial charge in [0, 0.05) is 18.4 Å². The van der Waals surface area contributed by atoms with Crippen molar-refractivity contribution in [3.63, 3.8) is 0 Å². The smallest absolute Gasteiger partial charge is 0.0531 e. The van der Waals surface area contributed by atoms with Gasteiger partial charge in [0.2, 0.25) is 0 Å². The lowest BCUT2D eigenvalue weighted by atomic mass is 10.1. The molecule has 1 aromatic rings. The van der Waals surface area contributed by atoms with Crippen LogP contribution in [-0.4, -0.2) is 11.0 Å². The van der Waals surface area contributed by atoms with Crippen molar-refractivity contribution in [2.24, 2.45) is 0 Å². The van der Waals surface area contributed by atoms with E-state index in [4.69, 9.17) is 0 Å². The number of rotatable bonds is 6. The van der Waals surface area contributed by atoms with Gasteiger partial charge < -0.3 is 5.32 Å². The number of pyridine rings is 1. The van der Waals surface area contributed by atoms with Gasteiger partial charge in [-0.15, -0.1) is 0 Å². The maximum atomic E-state index is 4.20. The summed E-state index contributed by atoms with van der Waals surface area (Å²) in [6.45, 7) is 6.55. The van der Waals surface area contributed by atoms with Crippen LogP contribution in [0.5, 0.6) is 0 Å². The lowest BCUT2D eigenvalue weighted by Crippen LogP contribution is -2.18. The fourth-order valence-electron chi connectivity index (χ4n) is 1.86. The second-order valence-corrected chi connectivity index (χ2v) is 4.17. The first-order valence-electron chi connectivity index (χ1n) is 5.94. The van der Waals surface area contributed by atoms with Crippen LogP contribution in [0.15, 0.2) is 18.5 Å². The normalized spacial score (nSPS) is 10.7. The van der Waals surface area contributed by atoms with Gasteiger partial charge in [-0.2, -0.15) is 0 Å². The maximum Gasteiger partial charge on any atom is 0.0531 e. The minimum Gasteiger partial charge on any atom is -0.381 e. The summed E-state index contributed by atoms with van der Waals surface area (Å²) in [5.41, 5.74) is 2.37. The zero-order valence-electron chi connectivity index (χ0n) is 10.1. The van der Waals surface area contributed by atoms with E-state index in [0.29, 0.717) is 6.04 Å². The van der Waals surface area contributed by atoms with Crippen molar-refractivity contribution < 1.29 is 0 Å². The average molecular weight is 206 g/mol. The number of hydrogen-bond donors (Lipinski definition) is 1. The van der Waals surface area contributed by atoms with Crippen LogP contribution in [0.2, 0.25) is 0 Å². The molecule has 0 atom stereocenters. The molecule has 0 aliphatic rings. The Labute approximate surface area is 93.1 Å². The van der Waals surface area contributed by atoms with Crippen LogP contribution in [0.3, 0.4) is 0 Å². The van der Waals surface area contributed by atoms with Gasteiger partial charge in [-0.25, -0.2) is 0 Å². The molecule has 2 heteroatoms. The largest absolute Gasteiger partial charge is 0.381 e. The van der Waals surface area contributed by atoms with E-state index in [2.05, 4.69) is 37.1 Å². The van der Waals surface area contributed by atoms with Crippen LogP contribution >= 0.6 is 0 Å². The molecule has 0 amide bonds. The molecule has 0 aromatic carbocycles. The first-order chi connectivity index (χ1) is 7.26. The summed E-state index contributed by atoms with van der Waals surface area (Å²) in [6, 6.07) is 2.76. The number of aromatic nitrogens is 1. The van der Waals surface area contributed by atoms with E-state index < -0.39 is 0 Å². The van der Waals surface area contributed by atoms with Gasteiger partial charge >= 0.3 is 0 Å². The van der Waals surface area contributed by atoms with E-state index in [0.717, 1.165) is 5.69 Å². The van der Waals surface area contributed by atoms with Gasteiger partial charge in [0.05, 0.1) is 5.69 Å². The minimum absolute atomic E-state index is 0.601. The lowest BCUT2D eigenvalue weighted by molar-refractivity contribution is 0.586. The van der Waals surface area contributed by atoms with E-state index in [1.54, 1.807) is 0 Å². The summed E-state index contributed by atoms with van der Waals surface area (Å²) in [5, 5.41) is 3.56. The molecule has 0 saturated carbocycles. The van der Waals surface area contributed by atoms with Crippen molar-refractivity contribution in [2.75, 3.05) is 5.32 Å². The average Bonchev–Trinajstić information content (AvgIpc) is 2.18.